The van der Waals surface area contributed by atoms with Gasteiger partial charge in [-0.3, -0.25) is 14.4 Å². The fourth-order valence-electron chi connectivity index (χ4n) is 2.28. The zero-order chi connectivity index (χ0) is 22.6. The maximum atomic E-state index is 13.6. The first-order valence-electron chi connectivity index (χ1n) is 7.61. The number of rotatable bonds is 8. The fourth-order valence-corrected chi connectivity index (χ4v) is 3.03. The second kappa shape index (κ2) is 9.31. The molecule has 0 heterocycles. The molecule has 0 spiro atoms. The van der Waals surface area contributed by atoms with E-state index in [1.54, 1.807) is 0 Å². The third-order valence-corrected chi connectivity index (χ3v) is 5.15. The molecule has 0 amide bonds. The number of hydrogen-bond acceptors (Lipinski definition) is 7. The highest BCUT2D eigenvalue weighted by molar-refractivity contribution is 7.90. The number of carbonyl (C=O) groups excluding carboxylic acids is 3. The van der Waals surface area contributed by atoms with Crippen molar-refractivity contribution in [3.63, 3.8) is 0 Å². The maximum Gasteiger partial charge on any atom is 0.430 e. The normalized spacial score (nSPS) is 15.1. The Morgan fingerprint density at radius 2 is 1.52 bits per heavy atom. The zero-order valence-corrected chi connectivity index (χ0v) is 17.3. The molecule has 0 saturated carbocycles. The van der Waals surface area contributed by atoms with E-state index in [0.29, 0.717) is 6.92 Å². The summed E-state index contributed by atoms with van der Waals surface area (Å²) in [6.45, 7) is 0.601. The molecule has 2 atom stereocenters. The number of Topliss-reactive ketones (excluding diaryl/α,β-unsaturated/α-hetero) is 1. The molecule has 1 aromatic rings. The van der Waals surface area contributed by atoms with Crippen LogP contribution in [0.4, 0.5) is 13.2 Å². The van der Waals surface area contributed by atoms with Crippen LogP contribution in [0.2, 0.25) is 0 Å². The van der Waals surface area contributed by atoms with E-state index < -0.39 is 62.8 Å². The Labute approximate surface area is 174 Å². The lowest BCUT2D eigenvalue weighted by atomic mass is 9.88. The lowest BCUT2D eigenvalue weighted by Crippen LogP contribution is -2.58. The monoisotopic (exact) mass is 478 g/mol. The van der Waals surface area contributed by atoms with E-state index in [9.17, 15) is 36.0 Å². The summed E-state index contributed by atoms with van der Waals surface area (Å²) in [5, 5.41) is 0. The average Bonchev–Trinajstić information content (AvgIpc) is 2.63. The quantitative estimate of drug-likeness (QED) is 0.321. The van der Waals surface area contributed by atoms with Crippen LogP contribution in [0.5, 0.6) is 0 Å². The van der Waals surface area contributed by atoms with E-state index in [1.165, 1.54) is 0 Å². The SMILES string of the molecule is C[C@](OC(=O)CCl)(C(=O)c1ccc(S(C)(=O)=O)cc1)[C@@H](OC(=O)CCl)C(F)(F)F. The summed E-state index contributed by atoms with van der Waals surface area (Å²) in [7, 11) is -3.64. The highest BCUT2D eigenvalue weighted by Gasteiger charge is 2.60. The van der Waals surface area contributed by atoms with Gasteiger partial charge in [0.25, 0.3) is 0 Å². The molecule has 0 saturated heterocycles. The largest absolute Gasteiger partial charge is 0.447 e. The molecule has 13 heteroatoms. The van der Waals surface area contributed by atoms with Crippen LogP contribution in [-0.4, -0.2) is 62.0 Å². The number of alkyl halides is 5. The molecule has 1 aromatic carbocycles. The number of carbonyl (C=O) groups is 3. The van der Waals surface area contributed by atoms with Gasteiger partial charge in [-0.25, -0.2) is 8.42 Å². The molecular formula is C16H15Cl2F3O7S. The molecule has 0 aliphatic carbocycles. The summed E-state index contributed by atoms with van der Waals surface area (Å²) in [5.41, 5.74) is -3.49. The number of esters is 2. The van der Waals surface area contributed by atoms with Gasteiger partial charge >= 0.3 is 18.1 Å². The summed E-state index contributed by atoms with van der Waals surface area (Å²) >= 11 is 10.4. The van der Waals surface area contributed by atoms with Crippen molar-refractivity contribution >= 4 is 50.8 Å². The van der Waals surface area contributed by atoms with Gasteiger partial charge in [0.15, 0.2) is 9.84 Å². The topological polar surface area (TPSA) is 104 Å². The van der Waals surface area contributed by atoms with Crippen molar-refractivity contribution in [1.29, 1.82) is 0 Å². The molecule has 7 nitrogen and oxygen atoms in total. The van der Waals surface area contributed by atoms with Crippen molar-refractivity contribution in [3.05, 3.63) is 29.8 Å². The van der Waals surface area contributed by atoms with Crippen LogP contribution in [0.3, 0.4) is 0 Å². The van der Waals surface area contributed by atoms with Crippen LogP contribution in [0.15, 0.2) is 29.2 Å². The Hall–Kier alpha value is -1.85. The van der Waals surface area contributed by atoms with E-state index in [4.69, 9.17) is 23.2 Å². The van der Waals surface area contributed by atoms with Crippen molar-refractivity contribution in [2.45, 2.75) is 29.7 Å². The molecule has 0 aromatic heterocycles. The first-order valence-corrected chi connectivity index (χ1v) is 10.6. The molecule has 0 bridgehead atoms. The highest BCUT2D eigenvalue weighted by atomic mass is 35.5. The number of sulfone groups is 1. The second-order valence-corrected chi connectivity index (χ2v) is 8.44. The lowest BCUT2D eigenvalue weighted by Gasteiger charge is -2.35. The molecule has 0 N–H and O–H groups in total. The molecule has 0 aliphatic rings. The minimum absolute atomic E-state index is 0.200. The first kappa shape index (κ1) is 25.2. The summed E-state index contributed by atoms with van der Waals surface area (Å²) in [4.78, 5) is 35.6. The van der Waals surface area contributed by atoms with Crippen LogP contribution < -0.4 is 0 Å². The minimum Gasteiger partial charge on any atom is -0.447 e. The molecule has 0 unspecified atom stereocenters. The van der Waals surface area contributed by atoms with Crippen LogP contribution in [0.25, 0.3) is 0 Å². The van der Waals surface area contributed by atoms with Gasteiger partial charge in [0, 0.05) is 11.8 Å². The third-order valence-electron chi connectivity index (χ3n) is 3.59. The molecule has 29 heavy (non-hydrogen) atoms. The van der Waals surface area contributed by atoms with Crippen molar-refractivity contribution < 1.29 is 45.4 Å². The van der Waals surface area contributed by atoms with Crippen LogP contribution in [0, 0.1) is 0 Å². The van der Waals surface area contributed by atoms with Crippen LogP contribution in [-0.2, 0) is 28.9 Å². The second-order valence-electron chi connectivity index (χ2n) is 5.89. The summed E-state index contributed by atoms with van der Waals surface area (Å²) < 4.78 is 72.7. The number of benzene rings is 1. The average molecular weight is 479 g/mol. The van der Waals surface area contributed by atoms with Gasteiger partial charge in [0.2, 0.25) is 17.5 Å². The van der Waals surface area contributed by atoms with E-state index in [-0.39, 0.29) is 4.90 Å². The molecule has 0 aliphatic heterocycles. The highest BCUT2D eigenvalue weighted by Crippen LogP contribution is 2.36. The molecule has 0 radical (unpaired) electrons. The molecule has 162 valence electrons. The standard InChI is InChI=1S/C16H15Cl2F3O7S/c1-15(28-12(23)8-18,14(16(19,20)21)27-11(22)7-17)13(24)9-3-5-10(6-4-9)29(2,25)26/h3-6,14H,7-8H2,1-2H3/t14-,15+/m1/s1. The Balaban J connectivity index is 3.52. The smallest absolute Gasteiger partial charge is 0.430 e. The van der Waals surface area contributed by atoms with Crippen molar-refractivity contribution in [1.82, 2.24) is 0 Å². The third kappa shape index (κ3) is 6.31. The van der Waals surface area contributed by atoms with Crippen LogP contribution in [0.1, 0.15) is 17.3 Å². The summed E-state index contributed by atoms with van der Waals surface area (Å²) in [6, 6.07) is 3.84. The fraction of sp³-hybridized carbons (Fsp3) is 0.438. The van der Waals surface area contributed by atoms with Crippen molar-refractivity contribution in [3.8, 4) is 0 Å². The van der Waals surface area contributed by atoms with Crippen LogP contribution >= 0.6 is 23.2 Å². The summed E-state index contributed by atoms with van der Waals surface area (Å²) in [6.07, 6.45) is -7.64. The van der Waals surface area contributed by atoms with Gasteiger partial charge in [0.05, 0.1) is 4.90 Å². The van der Waals surface area contributed by atoms with Gasteiger partial charge in [-0.2, -0.15) is 13.2 Å². The zero-order valence-electron chi connectivity index (χ0n) is 15.0. The Morgan fingerprint density at radius 1 is 1.03 bits per heavy atom. The maximum absolute atomic E-state index is 13.6. The predicted octanol–water partition coefficient (Wildman–Crippen LogP) is 2.53. The van der Waals surface area contributed by atoms with E-state index in [0.717, 1.165) is 30.5 Å². The molecular weight excluding hydrogens is 464 g/mol. The van der Waals surface area contributed by atoms with Gasteiger partial charge in [-0.05, 0) is 31.2 Å². The van der Waals surface area contributed by atoms with Crippen molar-refractivity contribution in [2.24, 2.45) is 0 Å². The van der Waals surface area contributed by atoms with Gasteiger partial charge in [-0.1, -0.05) is 0 Å². The van der Waals surface area contributed by atoms with E-state index in [1.807, 2.05) is 0 Å². The Morgan fingerprint density at radius 3 is 1.90 bits per heavy atom. The van der Waals surface area contributed by atoms with Crippen molar-refractivity contribution in [2.75, 3.05) is 18.0 Å². The predicted molar refractivity (Wildman–Crippen MR) is 95.8 cm³/mol. The number of ether oxygens (including phenoxy) is 2. The van der Waals surface area contributed by atoms with Gasteiger partial charge < -0.3 is 9.47 Å². The Bertz CT molecular complexity index is 885. The van der Waals surface area contributed by atoms with E-state index >= 15 is 0 Å². The van der Waals surface area contributed by atoms with Gasteiger partial charge in [-0.15, -0.1) is 23.2 Å². The minimum atomic E-state index is -5.33. The molecule has 0 fully saturated rings. The molecule has 1 rings (SSSR count). The lowest BCUT2D eigenvalue weighted by molar-refractivity contribution is -0.256. The first-order chi connectivity index (χ1) is 13.2. The number of halogens is 5. The van der Waals surface area contributed by atoms with E-state index in [2.05, 4.69) is 9.47 Å². The number of ketones is 1. The Kier molecular flexibility index (Phi) is 8.09. The summed E-state index contributed by atoms with van der Waals surface area (Å²) in [5.74, 6) is -6.14. The number of hydrogen-bond donors (Lipinski definition) is 0. The van der Waals surface area contributed by atoms with Gasteiger partial charge in [0.1, 0.15) is 11.8 Å².